The summed E-state index contributed by atoms with van der Waals surface area (Å²) in [6.45, 7) is 4.17. The third-order valence-corrected chi connectivity index (χ3v) is 6.69. The molecule has 0 amide bonds. The van der Waals surface area contributed by atoms with Gasteiger partial charge in [-0.15, -0.1) is 0 Å². The van der Waals surface area contributed by atoms with Gasteiger partial charge < -0.3 is 9.84 Å². The fourth-order valence-corrected chi connectivity index (χ4v) is 5.39. The summed E-state index contributed by atoms with van der Waals surface area (Å²) in [6.07, 6.45) is 17.0. The fourth-order valence-electron chi connectivity index (χ4n) is 5.39. The molecule has 1 N–H and O–H groups in total. The zero-order valence-electron chi connectivity index (χ0n) is 16.4. The molecule has 4 atom stereocenters. The second-order valence-corrected chi connectivity index (χ2v) is 8.47. The van der Waals surface area contributed by atoms with Gasteiger partial charge in [-0.2, -0.15) is 0 Å². The van der Waals surface area contributed by atoms with Gasteiger partial charge in [-0.1, -0.05) is 45.4 Å². The highest BCUT2D eigenvalue weighted by molar-refractivity contribution is 5.66. The summed E-state index contributed by atoms with van der Waals surface area (Å²) >= 11 is 0. The number of aliphatic carboxylic acids is 1. The molecule has 0 aromatic carbocycles. The second kappa shape index (κ2) is 11.9. The first-order valence-corrected chi connectivity index (χ1v) is 11.0. The second-order valence-electron chi connectivity index (χ2n) is 8.47. The number of hydrogen-bond donors (Lipinski definition) is 1. The fraction of sp³-hybridized carbons (Fsp3) is 0.955. The van der Waals surface area contributed by atoms with Crippen molar-refractivity contribution in [1.82, 2.24) is 0 Å². The van der Waals surface area contributed by atoms with E-state index in [-0.39, 0.29) is 0 Å². The Morgan fingerprint density at radius 3 is 2.28 bits per heavy atom. The highest BCUT2D eigenvalue weighted by atomic mass is 16.5. The molecular weight excluding hydrogens is 312 g/mol. The van der Waals surface area contributed by atoms with Crippen LogP contribution in [0, 0.1) is 23.7 Å². The number of unbranched alkanes of at least 4 members (excludes halogenated alkanes) is 6. The lowest BCUT2D eigenvalue weighted by Gasteiger charge is -2.31. The predicted octanol–water partition coefficient (Wildman–Crippen LogP) is 6.06. The van der Waals surface area contributed by atoms with Crippen LogP contribution in [0.5, 0.6) is 0 Å². The monoisotopic (exact) mass is 352 g/mol. The van der Waals surface area contributed by atoms with Crippen LogP contribution in [0.1, 0.15) is 96.8 Å². The van der Waals surface area contributed by atoms with E-state index in [2.05, 4.69) is 6.92 Å². The van der Waals surface area contributed by atoms with Crippen molar-refractivity contribution < 1.29 is 14.6 Å². The van der Waals surface area contributed by atoms with E-state index >= 15 is 0 Å². The Morgan fingerprint density at radius 2 is 1.56 bits per heavy atom. The van der Waals surface area contributed by atoms with Crippen LogP contribution in [0.3, 0.4) is 0 Å². The number of ether oxygens (including phenoxy) is 1. The molecule has 0 aromatic rings. The summed E-state index contributed by atoms with van der Waals surface area (Å²) in [5, 5.41) is 8.70. The summed E-state index contributed by atoms with van der Waals surface area (Å²) in [6, 6.07) is 0. The Labute approximate surface area is 154 Å². The number of hydrogen-bond acceptors (Lipinski definition) is 2. The minimum atomic E-state index is -0.650. The molecule has 2 fully saturated rings. The lowest BCUT2D eigenvalue weighted by molar-refractivity contribution is -0.137. The van der Waals surface area contributed by atoms with Crippen molar-refractivity contribution in [2.45, 2.75) is 96.8 Å². The zero-order chi connectivity index (χ0) is 17.9. The van der Waals surface area contributed by atoms with Crippen LogP contribution < -0.4 is 0 Å². The Bertz CT molecular complexity index is 368. The largest absolute Gasteiger partial charge is 0.481 e. The lowest BCUT2D eigenvalue weighted by atomic mass is 9.75. The molecule has 3 nitrogen and oxygen atoms in total. The van der Waals surface area contributed by atoms with E-state index < -0.39 is 5.97 Å². The van der Waals surface area contributed by atoms with Crippen molar-refractivity contribution in [3.63, 3.8) is 0 Å². The highest BCUT2D eigenvalue weighted by Gasteiger charge is 2.46. The molecular formula is C22H40O3. The van der Waals surface area contributed by atoms with Crippen molar-refractivity contribution in [1.29, 1.82) is 0 Å². The van der Waals surface area contributed by atoms with Gasteiger partial charge in [-0.3, -0.25) is 4.79 Å². The van der Waals surface area contributed by atoms with E-state index in [4.69, 9.17) is 9.84 Å². The maximum Gasteiger partial charge on any atom is 0.303 e. The molecule has 2 saturated carbocycles. The standard InChI is InChI=1S/C22H40O3/c1-2-3-4-9-15-25-16-14-21-19-13-12-18(17-19)20(21)10-7-5-6-8-11-22(23)24/h18-21H,2-17H2,1H3,(H,23,24)/t18-,19+,20-,21+/m0/s1. The van der Waals surface area contributed by atoms with Crippen molar-refractivity contribution in [3.8, 4) is 0 Å². The third-order valence-electron chi connectivity index (χ3n) is 6.69. The van der Waals surface area contributed by atoms with Crippen LogP contribution >= 0.6 is 0 Å². The number of fused-ring (bicyclic) bond motifs is 2. The SMILES string of the molecule is CCCCCCOCC[C@@H]1[C@@H]2CC[C@@H](C2)[C@@H]1CCCCCCC(=O)O. The molecule has 0 radical (unpaired) electrons. The highest BCUT2D eigenvalue weighted by Crippen LogP contribution is 2.55. The third kappa shape index (κ3) is 7.29. The van der Waals surface area contributed by atoms with Crippen LogP contribution in [0.2, 0.25) is 0 Å². The van der Waals surface area contributed by atoms with E-state index in [0.29, 0.717) is 6.42 Å². The summed E-state index contributed by atoms with van der Waals surface area (Å²) < 4.78 is 5.92. The topological polar surface area (TPSA) is 46.5 Å². The van der Waals surface area contributed by atoms with Gasteiger partial charge in [-0.05, 0) is 68.6 Å². The molecule has 0 heterocycles. The molecule has 146 valence electrons. The molecule has 2 aliphatic carbocycles. The number of carboxylic acid groups (broad SMARTS) is 1. The van der Waals surface area contributed by atoms with Crippen molar-refractivity contribution in [2.75, 3.05) is 13.2 Å². The number of rotatable bonds is 15. The smallest absolute Gasteiger partial charge is 0.303 e. The van der Waals surface area contributed by atoms with Crippen LogP contribution in [0.4, 0.5) is 0 Å². The van der Waals surface area contributed by atoms with Crippen LogP contribution in [-0.2, 0) is 9.53 Å². The molecule has 2 aliphatic rings. The van der Waals surface area contributed by atoms with Crippen LogP contribution in [-0.4, -0.2) is 24.3 Å². The first kappa shape index (κ1) is 20.7. The van der Waals surface area contributed by atoms with Gasteiger partial charge in [0.05, 0.1) is 0 Å². The summed E-state index contributed by atoms with van der Waals surface area (Å²) in [5.41, 5.74) is 0. The molecule has 0 saturated heterocycles. The molecule has 2 bridgehead atoms. The van der Waals surface area contributed by atoms with Gasteiger partial charge in [0.25, 0.3) is 0 Å². The van der Waals surface area contributed by atoms with Crippen molar-refractivity contribution in [2.24, 2.45) is 23.7 Å². The van der Waals surface area contributed by atoms with Gasteiger partial charge in [0.2, 0.25) is 0 Å². The minimum Gasteiger partial charge on any atom is -0.481 e. The van der Waals surface area contributed by atoms with Crippen LogP contribution in [0.25, 0.3) is 0 Å². The summed E-state index contributed by atoms with van der Waals surface area (Å²) in [4.78, 5) is 10.6. The summed E-state index contributed by atoms with van der Waals surface area (Å²) in [7, 11) is 0. The molecule has 0 unspecified atom stereocenters. The quantitative estimate of drug-likeness (QED) is 0.364. The van der Waals surface area contributed by atoms with Gasteiger partial charge >= 0.3 is 5.97 Å². The number of carboxylic acids is 1. The Balaban J connectivity index is 1.57. The van der Waals surface area contributed by atoms with E-state index in [0.717, 1.165) is 49.7 Å². The van der Waals surface area contributed by atoms with E-state index in [9.17, 15) is 4.79 Å². The Hall–Kier alpha value is -0.570. The molecule has 3 heteroatoms. The van der Waals surface area contributed by atoms with E-state index in [1.54, 1.807) is 0 Å². The first-order chi connectivity index (χ1) is 12.2. The maximum atomic E-state index is 10.6. The van der Waals surface area contributed by atoms with Crippen molar-refractivity contribution >= 4 is 5.97 Å². The molecule has 25 heavy (non-hydrogen) atoms. The minimum absolute atomic E-state index is 0.340. The molecule has 0 aliphatic heterocycles. The average molecular weight is 353 g/mol. The van der Waals surface area contributed by atoms with E-state index in [1.807, 2.05) is 0 Å². The lowest BCUT2D eigenvalue weighted by Crippen LogP contribution is -2.24. The van der Waals surface area contributed by atoms with Gasteiger partial charge in [-0.25, -0.2) is 0 Å². The van der Waals surface area contributed by atoms with E-state index in [1.165, 1.54) is 70.6 Å². The first-order valence-electron chi connectivity index (χ1n) is 11.0. The Morgan fingerprint density at radius 1 is 0.880 bits per heavy atom. The van der Waals surface area contributed by atoms with Gasteiger partial charge in [0.1, 0.15) is 0 Å². The summed E-state index contributed by atoms with van der Waals surface area (Å²) in [5.74, 6) is 3.16. The molecule has 0 aromatic heterocycles. The van der Waals surface area contributed by atoms with Crippen molar-refractivity contribution in [3.05, 3.63) is 0 Å². The normalized spacial score (nSPS) is 27.9. The molecule has 0 spiro atoms. The molecule has 2 rings (SSSR count). The average Bonchev–Trinajstić information content (AvgIpc) is 3.19. The van der Waals surface area contributed by atoms with Gasteiger partial charge in [0.15, 0.2) is 0 Å². The van der Waals surface area contributed by atoms with Crippen LogP contribution in [0.15, 0.2) is 0 Å². The Kier molecular flexibility index (Phi) is 9.90. The maximum absolute atomic E-state index is 10.6. The zero-order valence-corrected chi connectivity index (χ0v) is 16.4. The number of carbonyl (C=O) groups is 1. The predicted molar refractivity (Wildman–Crippen MR) is 103 cm³/mol. The van der Waals surface area contributed by atoms with Gasteiger partial charge in [0, 0.05) is 19.6 Å².